The van der Waals surface area contributed by atoms with E-state index in [1.807, 2.05) is 19.1 Å². The molecule has 116 valence electrons. The van der Waals surface area contributed by atoms with Crippen LogP contribution in [0.5, 0.6) is 5.75 Å². The van der Waals surface area contributed by atoms with E-state index in [-0.39, 0.29) is 6.10 Å². The van der Waals surface area contributed by atoms with Crippen LogP contribution >= 0.6 is 0 Å². The van der Waals surface area contributed by atoms with Gasteiger partial charge in [0.05, 0.1) is 6.61 Å². The summed E-state index contributed by atoms with van der Waals surface area (Å²) in [5.41, 5.74) is 3.50. The zero-order valence-corrected chi connectivity index (χ0v) is 13.4. The number of aromatic hydroxyl groups is 1. The highest BCUT2D eigenvalue weighted by atomic mass is 16.6. The highest BCUT2D eigenvalue weighted by Gasteiger charge is 2.30. The van der Waals surface area contributed by atoms with Gasteiger partial charge in [-0.1, -0.05) is 57.2 Å². The lowest BCUT2D eigenvalue weighted by Crippen LogP contribution is -1.97. The van der Waals surface area contributed by atoms with Gasteiger partial charge in [-0.05, 0) is 37.0 Å². The molecule has 0 saturated carbocycles. The van der Waals surface area contributed by atoms with Crippen LogP contribution < -0.4 is 0 Å². The molecule has 1 saturated heterocycles. The molecule has 0 bridgehead atoms. The van der Waals surface area contributed by atoms with Crippen molar-refractivity contribution in [3.8, 4) is 5.75 Å². The summed E-state index contributed by atoms with van der Waals surface area (Å²) in [7, 11) is 0. The van der Waals surface area contributed by atoms with Crippen molar-refractivity contribution < 1.29 is 9.84 Å². The van der Waals surface area contributed by atoms with E-state index in [0.29, 0.717) is 5.75 Å². The number of allylic oxidation sites excluding steroid dienone is 1. The predicted molar refractivity (Wildman–Crippen MR) is 88.6 cm³/mol. The van der Waals surface area contributed by atoms with Gasteiger partial charge < -0.3 is 9.84 Å². The highest BCUT2D eigenvalue weighted by molar-refractivity contribution is 5.63. The highest BCUT2D eigenvalue weighted by Crippen LogP contribution is 2.40. The van der Waals surface area contributed by atoms with Crippen molar-refractivity contribution in [2.45, 2.75) is 64.9 Å². The Hall–Kier alpha value is -1.28. The normalized spacial score (nSPS) is 17.5. The maximum atomic E-state index is 10.1. The maximum absolute atomic E-state index is 10.1. The zero-order valence-electron chi connectivity index (χ0n) is 13.4. The third-order valence-corrected chi connectivity index (χ3v) is 4.14. The lowest BCUT2D eigenvalue weighted by Gasteiger charge is -2.12. The van der Waals surface area contributed by atoms with Crippen molar-refractivity contribution in [2.75, 3.05) is 6.61 Å². The summed E-state index contributed by atoms with van der Waals surface area (Å²) in [4.78, 5) is 0. The largest absolute Gasteiger partial charge is 0.508 e. The van der Waals surface area contributed by atoms with Crippen LogP contribution in [0.15, 0.2) is 18.2 Å². The molecule has 1 aromatic carbocycles. The van der Waals surface area contributed by atoms with Gasteiger partial charge in [0.1, 0.15) is 11.9 Å². The fraction of sp³-hybridized carbons (Fsp3) is 0.579. The van der Waals surface area contributed by atoms with Gasteiger partial charge in [-0.15, -0.1) is 0 Å². The van der Waals surface area contributed by atoms with E-state index >= 15 is 0 Å². The molecule has 1 unspecified atom stereocenters. The van der Waals surface area contributed by atoms with Crippen LogP contribution in [0.1, 0.15) is 75.2 Å². The van der Waals surface area contributed by atoms with E-state index in [1.165, 1.54) is 49.7 Å². The fourth-order valence-corrected chi connectivity index (χ4v) is 2.90. The molecule has 2 heteroatoms. The summed E-state index contributed by atoms with van der Waals surface area (Å²) in [6, 6.07) is 3.90. The molecular formula is C19H28O2. The van der Waals surface area contributed by atoms with Crippen molar-refractivity contribution in [1.29, 1.82) is 0 Å². The minimum atomic E-state index is 0.0979. The number of epoxide rings is 1. The Kier molecular flexibility index (Phi) is 6.31. The molecule has 1 atom stereocenters. The number of phenols is 1. The van der Waals surface area contributed by atoms with Gasteiger partial charge in [-0.2, -0.15) is 0 Å². The molecule has 0 aliphatic carbocycles. The van der Waals surface area contributed by atoms with Crippen LogP contribution in [0, 0.1) is 0 Å². The molecule has 0 radical (unpaired) electrons. The molecule has 1 heterocycles. The third-order valence-electron chi connectivity index (χ3n) is 4.14. The number of aryl methyl sites for hydroxylation is 1. The van der Waals surface area contributed by atoms with Gasteiger partial charge in [-0.25, -0.2) is 0 Å². The van der Waals surface area contributed by atoms with Gasteiger partial charge in [0.2, 0.25) is 0 Å². The van der Waals surface area contributed by atoms with Crippen LogP contribution in [-0.4, -0.2) is 11.7 Å². The number of hydrogen-bond donors (Lipinski definition) is 1. The SMILES string of the molecule is CC=Cc1c(CCCCCCCC)ccc(O)c1C1CO1. The van der Waals surface area contributed by atoms with Gasteiger partial charge in [-0.3, -0.25) is 0 Å². The lowest BCUT2D eigenvalue weighted by atomic mass is 9.93. The first kappa shape index (κ1) is 16.1. The van der Waals surface area contributed by atoms with E-state index in [4.69, 9.17) is 4.74 Å². The second kappa shape index (κ2) is 8.23. The minimum absolute atomic E-state index is 0.0979. The fourth-order valence-electron chi connectivity index (χ4n) is 2.90. The summed E-state index contributed by atoms with van der Waals surface area (Å²) < 4.78 is 5.39. The van der Waals surface area contributed by atoms with Crippen LogP contribution in [-0.2, 0) is 11.2 Å². The topological polar surface area (TPSA) is 32.8 Å². The second-order valence-electron chi connectivity index (χ2n) is 5.91. The minimum Gasteiger partial charge on any atom is -0.508 e. The molecule has 0 aromatic heterocycles. The molecule has 0 spiro atoms. The summed E-state index contributed by atoms with van der Waals surface area (Å²) in [5, 5.41) is 10.1. The standard InChI is InChI=1S/C19H28O2/c1-3-5-6-7-8-9-11-15-12-13-17(20)19(18-14-21-18)16(15)10-4-2/h4,10,12-13,18,20H,3,5-9,11,14H2,1-2H3. The van der Waals surface area contributed by atoms with Gasteiger partial charge in [0, 0.05) is 5.56 Å². The van der Waals surface area contributed by atoms with E-state index in [0.717, 1.165) is 18.6 Å². The van der Waals surface area contributed by atoms with Crippen molar-refractivity contribution in [3.63, 3.8) is 0 Å². The van der Waals surface area contributed by atoms with Gasteiger partial charge in [0.25, 0.3) is 0 Å². The first-order chi connectivity index (χ1) is 10.3. The smallest absolute Gasteiger partial charge is 0.122 e. The van der Waals surface area contributed by atoms with E-state index in [2.05, 4.69) is 19.1 Å². The Balaban J connectivity index is 2.00. The number of benzene rings is 1. The van der Waals surface area contributed by atoms with Gasteiger partial charge >= 0.3 is 0 Å². The molecule has 1 aromatic rings. The van der Waals surface area contributed by atoms with E-state index in [9.17, 15) is 5.11 Å². The van der Waals surface area contributed by atoms with Crippen LogP contribution in [0.25, 0.3) is 6.08 Å². The Labute approximate surface area is 128 Å². The molecule has 1 aliphatic rings. The Morgan fingerprint density at radius 3 is 2.57 bits per heavy atom. The first-order valence-electron chi connectivity index (χ1n) is 8.37. The summed E-state index contributed by atoms with van der Waals surface area (Å²) in [6.07, 6.45) is 13.2. The number of phenolic OH excluding ortho intramolecular Hbond substituents is 1. The summed E-state index contributed by atoms with van der Waals surface area (Å²) in [5.74, 6) is 0.372. The number of unbranched alkanes of at least 4 members (excludes halogenated alkanes) is 5. The average Bonchev–Trinajstić information content (AvgIpc) is 3.29. The van der Waals surface area contributed by atoms with Crippen LogP contribution in [0.2, 0.25) is 0 Å². The van der Waals surface area contributed by atoms with Crippen LogP contribution in [0.4, 0.5) is 0 Å². The average molecular weight is 288 g/mol. The Morgan fingerprint density at radius 1 is 1.19 bits per heavy atom. The second-order valence-corrected chi connectivity index (χ2v) is 5.91. The number of hydrogen-bond acceptors (Lipinski definition) is 2. The molecule has 2 rings (SSSR count). The molecular weight excluding hydrogens is 260 g/mol. The van der Waals surface area contributed by atoms with Crippen molar-refractivity contribution in [3.05, 3.63) is 34.9 Å². The first-order valence-corrected chi connectivity index (χ1v) is 8.37. The summed E-state index contributed by atoms with van der Waals surface area (Å²) >= 11 is 0. The third kappa shape index (κ3) is 4.60. The lowest BCUT2D eigenvalue weighted by molar-refractivity contribution is 0.400. The van der Waals surface area contributed by atoms with E-state index in [1.54, 1.807) is 0 Å². The Bertz CT molecular complexity index is 473. The van der Waals surface area contributed by atoms with Crippen molar-refractivity contribution >= 4 is 6.08 Å². The van der Waals surface area contributed by atoms with Crippen LogP contribution in [0.3, 0.4) is 0 Å². The van der Waals surface area contributed by atoms with Crippen molar-refractivity contribution in [1.82, 2.24) is 0 Å². The van der Waals surface area contributed by atoms with Gasteiger partial charge in [0.15, 0.2) is 0 Å². The van der Waals surface area contributed by atoms with Crippen molar-refractivity contribution in [2.24, 2.45) is 0 Å². The molecule has 1 fully saturated rings. The van der Waals surface area contributed by atoms with E-state index < -0.39 is 0 Å². The monoisotopic (exact) mass is 288 g/mol. The quantitative estimate of drug-likeness (QED) is 0.487. The molecule has 1 aliphatic heterocycles. The number of ether oxygens (including phenoxy) is 1. The Morgan fingerprint density at radius 2 is 1.90 bits per heavy atom. The molecule has 21 heavy (non-hydrogen) atoms. The zero-order chi connectivity index (χ0) is 15.1. The maximum Gasteiger partial charge on any atom is 0.122 e. The molecule has 0 amide bonds. The predicted octanol–water partition coefficient (Wildman–Crippen LogP) is 5.40. The summed E-state index contributed by atoms with van der Waals surface area (Å²) in [6.45, 7) is 5.01. The number of rotatable bonds is 9. The molecule has 2 nitrogen and oxygen atoms in total. The molecule has 1 N–H and O–H groups in total.